The number of ether oxygens (including phenoxy) is 1. The molecule has 120 valence electrons. The SMILES string of the molecule is CC(=O)OC[C@@H]1C=C[C@H](n2cc(-c3ccsc3)c(=O)[nH]c2=O)C1. The minimum absolute atomic E-state index is 0.0762. The third-order valence-corrected chi connectivity index (χ3v) is 4.49. The summed E-state index contributed by atoms with van der Waals surface area (Å²) in [7, 11) is 0. The number of nitrogens with one attached hydrogen (secondary N) is 1. The van der Waals surface area contributed by atoms with Gasteiger partial charge in [-0.15, -0.1) is 0 Å². The Morgan fingerprint density at radius 1 is 1.43 bits per heavy atom. The lowest BCUT2D eigenvalue weighted by molar-refractivity contribution is -0.141. The van der Waals surface area contributed by atoms with Gasteiger partial charge in [-0.25, -0.2) is 4.79 Å². The smallest absolute Gasteiger partial charge is 0.328 e. The Hall–Kier alpha value is -2.41. The Balaban J connectivity index is 1.85. The second-order valence-corrected chi connectivity index (χ2v) is 6.25. The average molecular weight is 332 g/mol. The van der Waals surface area contributed by atoms with Crippen molar-refractivity contribution in [1.29, 1.82) is 0 Å². The molecule has 0 amide bonds. The predicted molar refractivity (Wildman–Crippen MR) is 87.6 cm³/mol. The minimum Gasteiger partial charge on any atom is -0.465 e. The molecular formula is C16H16N2O4S. The predicted octanol–water partition coefficient (Wildman–Crippen LogP) is 1.95. The van der Waals surface area contributed by atoms with Crippen LogP contribution in [0.1, 0.15) is 19.4 Å². The molecule has 0 aliphatic heterocycles. The summed E-state index contributed by atoms with van der Waals surface area (Å²) < 4.78 is 6.53. The summed E-state index contributed by atoms with van der Waals surface area (Å²) in [6.07, 6.45) is 6.11. The first kappa shape index (κ1) is 15.5. The Bertz CT molecular complexity index is 848. The molecule has 1 aliphatic carbocycles. The quantitative estimate of drug-likeness (QED) is 0.685. The van der Waals surface area contributed by atoms with Gasteiger partial charge in [-0.3, -0.25) is 19.1 Å². The van der Waals surface area contributed by atoms with Gasteiger partial charge in [0.05, 0.1) is 18.2 Å². The number of aromatic amines is 1. The molecule has 0 bridgehead atoms. The van der Waals surface area contributed by atoms with Crippen molar-refractivity contribution in [2.75, 3.05) is 6.61 Å². The number of aromatic nitrogens is 2. The summed E-state index contributed by atoms with van der Waals surface area (Å²) in [6.45, 7) is 1.67. The third-order valence-electron chi connectivity index (χ3n) is 3.81. The minimum atomic E-state index is -0.434. The van der Waals surface area contributed by atoms with Crippen LogP contribution in [-0.2, 0) is 9.53 Å². The van der Waals surface area contributed by atoms with E-state index in [4.69, 9.17) is 4.74 Å². The number of allylic oxidation sites excluding steroid dienone is 1. The number of carbonyl (C=O) groups is 1. The van der Waals surface area contributed by atoms with Crippen molar-refractivity contribution < 1.29 is 9.53 Å². The molecule has 2 heterocycles. The summed E-state index contributed by atoms with van der Waals surface area (Å²) >= 11 is 1.49. The van der Waals surface area contributed by atoms with Crippen LogP contribution in [0.3, 0.4) is 0 Å². The monoisotopic (exact) mass is 332 g/mol. The lowest BCUT2D eigenvalue weighted by Gasteiger charge is -2.15. The van der Waals surface area contributed by atoms with Gasteiger partial charge in [0.1, 0.15) is 0 Å². The van der Waals surface area contributed by atoms with Crippen molar-refractivity contribution in [1.82, 2.24) is 9.55 Å². The molecule has 0 saturated heterocycles. The molecule has 2 aromatic heterocycles. The molecule has 2 aromatic rings. The van der Waals surface area contributed by atoms with E-state index in [1.54, 1.807) is 6.20 Å². The molecule has 3 rings (SSSR count). The average Bonchev–Trinajstić information content (AvgIpc) is 3.16. The largest absolute Gasteiger partial charge is 0.465 e. The molecule has 0 saturated carbocycles. The number of carbonyl (C=O) groups excluding carboxylic acids is 1. The molecule has 0 aromatic carbocycles. The van der Waals surface area contributed by atoms with Gasteiger partial charge >= 0.3 is 11.7 Å². The molecule has 2 atom stereocenters. The van der Waals surface area contributed by atoms with Crippen molar-refractivity contribution >= 4 is 17.3 Å². The van der Waals surface area contributed by atoms with Crippen molar-refractivity contribution in [2.45, 2.75) is 19.4 Å². The zero-order valence-corrected chi connectivity index (χ0v) is 13.3. The summed E-state index contributed by atoms with van der Waals surface area (Å²) in [5.74, 6) is -0.241. The first-order valence-electron chi connectivity index (χ1n) is 7.24. The van der Waals surface area contributed by atoms with E-state index in [1.165, 1.54) is 22.8 Å². The van der Waals surface area contributed by atoms with E-state index >= 15 is 0 Å². The number of thiophene rings is 1. The van der Waals surface area contributed by atoms with Gasteiger partial charge in [0.15, 0.2) is 0 Å². The normalized spacial score (nSPS) is 19.9. The first-order valence-corrected chi connectivity index (χ1v) is 8.18. The Labute approximate surface area is 136 Å². The van der Waals surface area contributed by atoms with Crippen LogP contribution >= 0.6 is 11.3 Å². The van der Waals surface area contributed by atoms with E-state index in [0.29, 0.717) is 18.6 Å². The van der Waals surface area contributed by atoms with Gasteiger partial charge in [0, 0.05) is 19.0 Å². The summed E-state index contributed by atoms with van der Waals surface area (Å²) in [4.78, 5) is 37.4. The zero-order valence-electron chi connectivity index (χ0n) is 12.5. The summed E-state index contributed by atoms with van der Waals surface area (Å²) in [6, 6.07) is 1.69. The Morgan fingerprint density at radius 3 is 2.96 bits per heavy atom. The molecule has 0 fully saturated rings. The number of hydrogen-bond acceptors (Lipinski definition) is 5. The van der Waals surface area contributed by atoms with E-state index in [0.717, 1.165) is 5.56 Å². The third kappa shape index (κ3) is 3.34. The molecule has 0 spiro atoms. The van der Waals surface area contributed by atoms with Crippen molar-refractivity contribution in [2.24, 2.45) is 5.92 Å². The maximum absolute atomic E-state index is 12.1. The van der Waals surface area contributed by atoms with E-state index in [1.807, 2.05) is 29.0 Å². The van der Waals surface area contributed by atoms with Gasteiger partial charge < -0.3 is 4.74 Å². The van der Waals surface area contributed by atoms with Crippen molar-refractivity contribution in [3.63, 3.8) is 0 Å². The number of rotatable bonds is 4. The highest BCUT2D eigenvalue weighted by atomic mass is 32.1. The lowest BCUT2D eigenvalue weighted by Crippen LogP contribution is -2.32. The first-order chi connectivity index (χ1) is 11.0. The van der Waals surface area contributed by atoms with Crippen LogP contribution in [-0.4, -0.2) is 22.1 Å². The fraction of sp³-hybridized carbons (Fsp3) is 0.312. The number of H-pyrrole nitrogens is 1. The van der Waals surface area contributed by atoms with Gasteiger partial charge in [0.2, 0.25) is 0 Å². The van der Waals surface area contributed by atoms with Crippen LogP contribution < -0.4 is 11.2 Å². The second-order valence-electron chi connectivity index (χ2n) is 5.47. The Kier molecular flexibility index (Phi) is 4.29. The second kappa shape index (κ2) is 6.37. The zero-order chi connectivity index (χ0) is 16.4. The van der Waals surface area contributed by atoms with Crippen LogP contribution in [0.5, 0.6) is 0 Å². The molecule has 0 unspecified atom stereocenters. The number of nitrogens with zero attached hydrogens (tertiary/aromatic N) is 1. The van der Waals surface area contributed by atoms with E-state index < -0.39 is 5.69 Å². The highest BCUT2D eigenvalue weighted by Crippen LogP contribution is 2.28. The lowest BCUT2D eigenvalue weighted by atomic mass is 10.1. The van der Waals surface area contributed by atoms with Gasteiger partial charge in [-0.05, 0) is 28.8 Å². The van der Waals surface area contributed by atoms with Crippen molar-refractivity contribution in [3.05, 3.63) is 56.0 Å². The molecule has 6 nitrogen and oxygen atoms in total. The molecule has 23 heavy (non-hydrogen) atoms. The van der Waals surface area contributed by atoms with Crippen LogP contribution in [0.2, 0.25) is 0 Å². The molecule has 1 N–H and O–H groups in total. The summed E-state index contributed by atoms with van der Waals surface area (Å²) in [5, 5.41) is 3.75. The van der Waals surface area contributed by atoms with Crippen LogP contribution in [0.15, 0.2) is 44.8 Å². The summed E-state index contributed by atoms with van der Waals surface area (Å²) in [5.41, 5.74) is 0.450. The molecule has 0 radical (unpaired) electrons. The molecule has 7 heteroatoms. The highest BCUT2D eigenvalue weighted by Gasteiger charge is 2.23. The fourth-order valence-electron chi connectivity index (χ4n) is 2.66. The van der Waals surface area contributed by atoms with E-state index in [2.05, 4.69) is 4.98 Å². The fourth-order valence-corrected chi connectivity index (χ4v) is 3.32. The maximum atomic E-state index is 12.1. The van der Waals surface area contributed by atoms with Crippen LogP contribution in [0.25, 0.3) is 11.1 Å². The highest BCUT2D eigenvalue weighted by molar-refractivity contribution is 7.08. The maximum Gasteiger partial charge on any atom is 0.328 e. The van der Waals surface area contributed by atoms with Gasteiger partial charge in [0.25, 0.3) is 5.56 Å². The van der Waals surface area contributed by atoms with Gasteiger partial charge in [-0.1, -0.05) is 12.2 Å². The van der Waals surface area contributed by atoms with E-state index in [9.17, 15) is 14.4 Å². The van der Waals surface area contributed by atoms with Gasteiger partial charge in [-0.2, -0.15) is 11.3 Å². The molecular weight excluding hydrogens is 316 g/mol. The molecule has 1 aliphatic rings. The standard InChI is InChI=1S/C16H16N2O4S/c1-10(19)22-8-11-2-3-13(6-11)18-7-14(12-4-5-23-9-12)15(20)17-16(18)21/h2-5,7,9,11,13H,6,8H2,1H3,(H,17,20,21)/t11-,13+/m1/s1. The topological polar surface area (TPSA) is 81.2 Å². The van der Waals surface area contributed by atoms with E-state index in [-0.39, 0.29) is 23.5 Å². The Morgan fingerprint density at radius 2 is 2.26 bits per heavy atom. The number of esters is 1. The van der Waals surface area contributed by atoms with Crippen LogP contribution in [0.4, 0.5) is 0 Å². The van der Waals surface area contributed by atoms with Crippen LogP contribution in [0, 0.1) is 5.92 Å². The van der Waals surface area contributed by atoms with Crippen molar-refractivity contribution in [3.8, 4) is 11.1 Å². The number of hydrogen-bond donors (Lipinski definition) is 1.